The SMILES string of the molecule is Cc1ccc(S(=O)(=O)NCCNC(=O)Cc2ccc(Cl)cc2)cc1. The Morgan fingerprint density at radius 1 is 1.00 bits per heavy atom. The molecule has 1 amide bonds. The summed E-state index contributed by atoms with van der Waals surface area (Å²) in [5.41, 5.74) is 1.83. The molecule has 24 heavy (non-hydrogen) atoms. The molecule has 0 spiro atoms. The zero-order valence-corrected chi connectivity index (χ0v) is 14.8. The number of aryl methyl sites for hydroxylation is 1. The van der Waals surface area contributed by atoms with Crippen LogP contribution in [0.15, 0.2) is 53.4 Å². The van der Waals surface area contributed by atoms with E-state index in [1.807, 2.05) is 6.92 Å². The number of hydrogen-bond donors (Lipinski definition) is 2. The van der Waals surface area contributed by atoms with Crippen LogP contribution in [0.1, 0.15) is 11.1 Å². The molecule has 0 aromatic heterocycles. The first-order valence-electron chi connectivity index (χ1n) is 7.44. The van der Waals surface area contributed by atoms with Crippen LogP contribution in [-0.2, 0) is 21.2 Å². The van der Waals surface area contributed by atoms with Crippen LogP contribution >= 0.6 is 11.6 Å². The molecule has 0 saturated carbocycles. The number of sulfonamides is 1. The van der Waals surface area contributed by atoms with Gasteiger partial charge in [-0.3, -0.25) is 4.79 Å². The zero-order valence-electron chi connectivity index (χ0n) is 13.3. The molecule has 2 rings (SSSR count). The fourth-order valence-corrected chi connectivity index (χ4v) is 3.20. The van der Waals surface area contributed by atoms with E-state index in [1.54, 1.807) is 48.5 Å². The summed E-state index contributed by atoms with van der Waals surface area (Å²) in [4.78, 5) is 12.0. The van der Waals surface area contributed by atoms with Gasteiger partial charge in [-0.05, 0) is 36.8 Å². The van der Waals surface area contributed by atoms with Crippen molar-refractivity contribution in [3.63, 3.8) is 0 Å². The lowest BCUT2D eigenvalue weighted by atomic mass is 10.1. The van der Waals surface area contributed by atoms with Crippen molar-refractivity contribution in [2.24, 2.45) is 0 Å². The third-order valence-electron chi connectivity index (χ3n) is 3.35. The van der Waals surface area contributed by atoms with Crippen molar-refractivity contribution >= 4 is 27.5 Å². The lowest BCUT2D eigenvalue weighted by Crippen LogP contribution is -2.35. The van der Waals surface area contributed by atoms with Crippen molar-refractivity contribution < 1.29 is 13.2 Å². The minimum Gasteiger partial charge on any atom is -0.355 e. The fourth-order valence-electron chi connectivity index (χ4n) is 2.04. The van der Waals surface area contributed by atoms with Crippen LogP contribution in [0.5, 0.6) is 0 Å². The number of nitrogens with one attached hydrogen (secondary N) is 2. The third kappa shape index (κ3) is 5.63. The van der Waals surface area contributed by atoms with E-state index < -0.39 is 10.0 Å². The van der Waals surface area contributed by atoms with Crippen LogP contribution in [0, 0.1) is 6.92 Å². The number of benzene rings is 2. The Morgan fingerprint density at radius 3 is 2.25 bits per heavy atom. The molecule has 0 aliphatic carbocycles. The molecule has 0 aliphatic heterocycles. The zero-order chi connectivity index (χ0) is 17.6. The molecule has 0 heterocycles. The van der Waals surface area contributed by atoms with Crippen molar-refractivity contribution in [2.45, 2.75) is 18.2 Å². The molecule has 7 heteroatoms. The Hall–Kier alpha value is -1.89. The van der Waals surface area contributed by atoms with Crippen LogP contribution in [-0.4, -0.2) is 27.4 Å². The van der Waals surface area contributed by atoms with Gasteiger partial charge in [-0.2, -0.15) is 0 Å². The maximum absolute atomic E-state index is 12.1. The minimum atomic E-state index is -3.55. The van der Waals surface area contributed by atoms with Crippen molar-refractivity contribution in [3.05, 3.63) is 64.7 Å². The normalized spacial score (nSPS) is 11.2. The lowest BCUT2D eigenvalue weighted by molar-refractivity contribution is -0.120. The first-order valence-corrected chi connectivity index (χ1v) is 9.30. The number of hydrogen-bond acceptors (Lipinski definition) is 3. The second-order valence-corrected chi connectivity index (χ2v) is 7.57. The highest BCUT2D eigenvalue weighted by Crippen LogP contribution is 2.10. The first-order chi connectivity index (χ1) is 11.4. The molecular formula is C17H19ClN2O3S. The van der Waals surface area contributed by atoms with Gasteiger partial charge in [0.05, 0.1) is 11.3 Å². The fraction of sp³-hybridized carbons (Fsp3) is 0.235. The molecule has 2 aromatic rings. The van der Waals surface area contributed by atoms with Crippen molar-refractivity contribution in [1.29, 1.82) is 0 Å². The largest absolute Gasteiger partial charge is 0.355 e. The van der Waals surface area contributed by atoms with Crippen LogP contribution < -0.4 is 10.0 Å². The van der Waals surface area contributed by atoms with E-state index in [0.717, 1.165) is 11.1 Å². The standard InChI is InChI=1S/C17H19ClN2O3S/c1-13-2-8-16(9-3-13)24(22,23)20-11-10-19-17(21)12-14-4-6-15(18)7-5-14/h2-9,20H,10-12H2,1H3,(H,19,21). The average molecular weight is 367 g/mol. The number of rotatable bonds is 7. The Labute approximate surface area is 147 Å². The van der Waals surface area contributed by atoms with Gasteiger partial charge in [0.15, 0.2) is 0 Å². The molecule has 0 saturated heterocycles. The average Bonchev–Trinajstić information content (AvgIpc) is 2.54. The van der Waals surface area contributed by atoms with Crippen LogP contribution in [0.3, 0.4) is 0 Å². The van der Waals surface area contributed by atoms with Gasteiger partial charge in [0.2, 0.25) is 15.9 Å². The molecule has 0 radical (unpaired) electrons. The van der Waals surface area contributed by atoms with E-state index in [1.165, 1.54) is 0 Å². The second-order valence-electron chi connectivity index (χ2n) is 5.36. The Balaban J connectivity index is 1.76. The van der Waals surface area contributed by atoms with Gasteiger partial charge >= 0.3 is 0 Å². The summed E-state index contributed by atoms with van der Waals surface area (Å²) in [5, 5.41) is 3.30. The van der Waals surface area contributed by atoms with E-state index in [2.05, 4.69) is 10.0 Å². The highest BCUT2D eigenvalue weighted by atomic mass is 35.5. The van der Waals surface area contributed by atoms with Crippen LogP contribution in [0.2, 0.25) is 5.02 Å². The smallest absolute Gasteiger partial charge is 0.240 e. The number of amides is 1. The Bertz CT molecular complexity index is 788. The Morgan fingerprint density at radius 2 is 1.62 bits per heavy atom. The van der Waals surface area contributed by atoms with Crippen molar-refractivity contribution in [2.75, 3.05) is 13.1 Å². The summed E-state index contributed by atoms with van der Waals surface area (Å²) in [7, 11) is -3.55. The second kappa shape index (κ2) is 8.28. The Kier molecular flexibility index (Phi) is 6.36. The van der Waals surface area contributed by atoms with Gasteiger partial charge in [0, 0.05) is 18.1 Å². The molecular weight excluding hydrogens is 348 g/mol. The van der Waals surface area contributed by atoms with E-state index >= 15 is 0 Å². The molecule has 0 unspecified atom stereocenters. The van der Waals surface area contributed by atoms with Gasteiger partial charge in [-0.15, -0.1) is 0 Å². The molecule has 0 fully saturated rings. The van der Waals surface area contributed by atoms with Gasteiger partial charge in [0.1, 0.15) is 0 Å². The summed E-state index contributed by atoms with van der Waals surface area (Å²) < 4.78 is 26.6. The lowest BCUT2D eigenvalue weighted by Gasteiger charge is -2.08. The first kappa shape index (κ1) is 18.4. The van der Waals surface area contributed by atoms with Crippen LogP contribution in [0.4, 0.5) is 0 Å². The summed E-state index contributed by atoms with van der Waals surface area (Å²) in [6.07, 6.45) is 0.224. The molecule has 0 bridgehead atoms. The number of carbonyl (C=O) groups excluding carboxylic acids is 1. The highest BCUT2D eigenvalue weighted by molar-refractivity contribution is 7.89. The van der Waals surface area contributed by atoms with Crippen LogP contribution in [0.25, 0.3) is 0 Å². The summed E-state index contributed by atoms with van der Waals surface area (Å²) >= 11 is 5.79. The molecule has 0 atom stereocenters. The van der Waals surface area contributed by atoms with Crippen molar-refractivity contribution in [3.8, 4) is 0 Å². The van der Waals surface area contributed by atoms with Gasteiger partial charge in [-0.25, -0.2) is 13.1 Å². The maximum Gasteiger partial charge on any atom is 0.240 e. The van der Waals surface area contributed by atoms with Crippen molar-refractivity contribution in [1.82, 2.24) is 10.0 Å². The third-order valence-corrected chi connectivity index (χ3v) is 5.08. The predicted octanol–water partition coefficient (Wildman–Crippen LogP) is 2.29. The highest BCUT2D eigenvalue weighted by Gasteiger charge is 2.12. The van der Waals surface area contributed by atoms with Gasteiger partial charge in [0.25, 0.3) is 0 Å². The quantitative estimate of drug-likeness (QED) is 0.738. The topological polar surface area (TPSA) is 75.3 Å². The van der Waals surface area contributed by atoms with Gasteiger partial charge in [-0.1, -0.05) is 41.4 Å². The monoisotopic (exact) mass is 366 g/mol. The van der Waals surface area contributed by atoms with E-state index in [0.29, 0.717) is 5.02 Å². The number of carbonyl (C=O) groups is 1. The van der Waals surface area contributed by atoms with E-state index in [4.69, 9.17) is 11.6 Å². The summed E-state index contributed by atoms with van der Waals surface area (Å²) in [6, 6.07) is 13.6. The predicted molar refractivity (Wildman–Crippen MR) is 94.5 cm³/mol. The maximum atomic E-state index is 12.1. The summed E-state index contributed by atoms with van der Waals surface area (Å²) in [6.45, 7) is 2.24. The van der Waals surface area contributed by atoms with Gasteiger partial charge < -0.3 is 5.32 Å². The molecule has 0 aliphatic rings. The van der Waals surface area contributed by atoms with E-state index in [9.17, 15) is 13.2 Å². The molecule has 2 aromatic carbocycles. The minimum absolute atomic E-state index is 0.128. The summed E-state index contributed by atoms with van der Waals surface area (Å²) in [5.74, 6) is -0.174. The molecule has 2 N–H and O–H groups in total. The molecule has 5 nitrogen and oxygen atoms in total. The van der Waals surface area contributed by atoms with E-state index in [-0.39, 0.29) is 30.3 Å². The number of halogens is 1. The molecule has 128 valence electrons.